The van der Waals surface area contributed by atoms with Crippen LogP contribution in [-0.2, 0) is 17.2 Å². The summed E-state index contributed by atoms with van der Waals surface area (Å²) in [6, 6.07) is 4.23. The van der Waals surface area contributed by atoms with E-state index >= 15 is 0 Å². The number of alkyl halides is 6. The van der Waals surface area contributed by atoms with Gasteiger partial charge in [0.1, 0.15) is 5.82 Å². The second-order valence-electron chi connectivity index (χ2n) is 11.2. The standard InChI is InChI=1S/C29H35F7N4O2/c1-18-13-23(30)5-6-25(18)26-17-24(39-11-9-37(3)10-12-39)7-8-40(26)42-27(41)38(4)19(2)20-14-21(28(31,32)33)16-22(15-20)29(34,35)36/h5-6,13-16,19,24,26H,7-12,17H2,1-4H3/t19-,24-,26-/m1/s1. The largest absolute Gasteiger partial charge is 0.429 e. The molecule has 0 bridgehead atoms. The summed E-state index contributed by atoms with van der Waals surface area (Å²) in [5.74, 6) is -0.404. The lowest BCUT2D eigenvalue weighted by atomic mass is 9.89. The highest BCUT2D eigenvalue weighted by Crippen LogP contribution is 2.39. The maximum Gasteiger partial charge on any atom is 0.429 e. The number of benzene rings is 2. The summed E-state index contributed by atoms with van der Waals surface area (Å²) >= 11 is 0. The number of piperidine rings is 1. The van der Waals surface area contributed by atoms with E-state index < -0.39 is 47.5 Å². The van der Waals surface area contributed by atoms with Crippen LogP contribution in [0.1, 0.15) is 59.7 Å². The summed E-state index contributed by atoms with van der Waals surface area (Å²) in [5, 5.41) is 1.49. The van der Waals surface area contributed by atoms with E-state index in [4.69, 9.17) is 4.84 Å². The molecule has 42 heavy (non-hydrogen) atoms. The van der Waals surface area contributed by atoms with Gasteiger partial charge >= 0.3 is 18.4 Å². The molecule has 2 aromatic rings. The minimum atomic E-state index is -5.01. The predicted molar refractivity (Wildman–Crippen MR) is 142 cm³/mol. The minimum absolute atomic E-state index is 0.0503. The van der Waals surface area contributed by atoms with E-state index in [1.165, 1.54) is 31.2 Å². The number of piperazine rings is 1. The SMILES string of the molecule is Cc1cc(F)ccc1[C@H]1C[C@H](N2CCN(C)CC2)CCN1OC(=O)N(C)[C@H](C)c1cc(C(F)(F)F)cc(C(F)(F)F)c1. The maximum atomic E-state index is 13.9. The molecule has 232 valence electrons. The van der Waals surface area contributed by atoms with Crippen molar-refractivity contribution in [2.24, 2.45) is 0 Å². The molecular formula is C29H35F7N4O2. The van der Waals surface area contributed by atoms with Crippen molar-refractivity contribution >= 4 is 6.09 Å². The summed E-state index contributed by atoms with van der Waals surface area (Å²) < 4.78 is 94.4. The third-order valence-corrected chi connectivity index (χ3v) is 8.33. The lowest BCUT2D eigenvalue weighted by Gasteiger charge is -2.45. The van der Waals surface area contributed by atoms with E-state index in [0.29, 0.717) is 37.1 Å². The smallest absolute Gasteiger partial charge is 0.350 e. The van der Waals surface area contributed by atoms with Crippen molar-refractivity contribution in [2.45, 2.75) is 57.2 Å². The molecule has 2 heterocycles. The first kappa shape index (κ1) is 32.0. The molecule has 0 unspecified atom stereocenters. The Hall–Kier alpha value is -2.90. The third-order valence-electron chi connectivity index (χ3n) is 8.33. The van der Waals surface area contributed by atoms with Gasteiger partial charge in [0.15, 0.2) is 0 Å². The second kappa shape index (κ2) is 12.4. The molecule has 1 amide bonds. The predicted octanol–water partition coefficient (Wildman–Crippen LogP) is 6.67. The number of likely N-dealkylation sites (N-methyl/N-ethyl adjacent to an activating group) is 1. The molecule has 2 saturated heterocycles. The van der Waals surface area contributed by atoms with Gasteiger partial charge in [0.2, 0.25) is 0 Å². The zero-order valence-corrected chi connectivity index (χ0v) is 23.9. The van der Waals surface area contributed by atoms with Crippen LogP contribution >= 0.6 is 0 Å². The van der Waals surface area contributed by atoms with E-state index in [0.717, 1.165) is 36.6 Å². The van der Waals surface area contributed by atoms with Crippen LogP contribution in [0.15, 0.2) is 36.4 Å². The highest BCUT2D eigenvalue weighted by Gasteiger charge is 2.39. The maximum absolute atomic E-state index is 13.9. The first-order valence-corrected chi connectivity index (χ1v) is 13.7. The molecule has 2 fully saturated rings. The van der Waals surface area contributed by atoms with Gasteiger partial charge in [-0.1, -0.05) is 6.07 Å². The van der Waals surface area contributed by atoms with E-state index in [1.54, 1.807) is 13.0 Å². The summed E-state index contributed by atoms with van der Waals surface area (Å²) in [4.78, 5) is 24.6. The van der Waals surface area contributed by atoms with Crippen LogP contribution in [0, 0.1) is 12.7 Å². The molecule has 3 atom stereocenters. The van der Waals surface area contributed by atoms with Crippen molar-refractivity contribution in [3.8, 4) is 0 Å². The van der Waals surface area contributed by atoms with Crippen LogP contribution < -0.4 is 0 Å². The Labute approximate surface area is 240 Å². The van der Waals surface area contributed by atoms with E-state index in [1.807, 2.05) is 0 Å². The molecule has 0 spiro atoms. The van der Waals surface area contributed by atoms with Gasteiger partial charge in [-0.15, -0.1) is 5.06 Å². The molecule has 0 N–H and O–H groups in total. The van der Waals surface area contributed by atoms with Gasteiger partial charge < -0.3 is 14.6 Å². The van der Waals surface area contributed by atoms with Gasteiger partial charge in [-0.25, -0.2) is 9.18 Å². The molecule has 0 saturated carbocycles. The molecule has 2 aliphatic heterocycles. The Kier molecular flexibility index (Phi) is 9.43. The van der Waals surface area contributed by atoms with Crippen molar-refractivity contribution in [3.63, 3.8) is 0 Å². The number of hydroxylamine groups is 2. The van der Waals surface area contributed by atoms with Gasteiger partial charge in [-0.05, 0) is 80.8 Å². The molecule has 6 nitrogen and oxygen atoms in total. The highest BCUT2D eigenvalue weighted by molar-refractivity contribution is 5.67. The lowest BCUT2D eigenvalue weighted by molar-refractivity contribution is -0.167. The summed E-state index contributed by atoms with van der Waals surface area (Å²) in [5.41, 5.74) is -1.81. The van der Waals surface area contributed by atoms with Gasteiger partial charge in [-0.2, -0.15) is 26.3 Å². The number of carbonyl (C=O) groups excluding carboxylic acids is 1. The van der Waals surface area contributed by atoms with Crippen molar-refractivity contribution < 1.29 is 40.4 Å². The van der Waals surface area contributed by atoms with Crippen LogP contribution in [0.2, 0.25) is 0 Å². The van der Waals surface area contributed by atoms with Crippen LogP contribution in [0.5, 0.6) is 0 Å². The van der Waals surface area contributed by atoms with Gasteiger partial charge in [-0.3, -0.25) is 4.90 Å². The molecule has 4 rings (SSSR count). The highest BCUT2D eigenvalue weighted by atomic mass is 19.4. The van der Waals surface area contributed by atoms with Crippen LogP contribution in [0.3, 0.4) is 0 Å². The fraction of sp³-hybridized carbons (Fsp3) is 0.552. The van der Waals surface area contributed by atoms with Crippen molar-refractivity contribution in [2.75, 3.05) is 46.8 Å². The Morgan fingerprint density at radius 3 is 2.10 bits per heavy atom. The molecule has 2 aliphatic rings. The monoisotopic (exact) mass is 604 g/mol. The summed E-state index contributed by atoms with van der Waals surface area (Å²) in [6.07, 6.45) is -9.69. The average Bonchev–Trinajstić information content (AvgIpc) is 2.92. The molecule has 0 aliphatic carbocycles. The summed E-state index contributed by atoms with van der Waals surface area (Å²) in [7, 11) is 3.32. The quantitative estimate of drug-likeness (QED) is 0.357. The van der Waals surface area contributed by atoms with E-state index in [-0.39, 0.29) is 17.7 Å². The van der Waals surface area contributed by atoms with E-state index in [9.17, 15) is 35.5 Å². The number of amides is 1. The molecule has 13 heteroatoms. The van der Waals surface area contributed by atoms with Crippen molar-refractivity contribution in [1.29, 1.82) is 0 Å². The first-order chi connectivity index (χ1) is 19.5. The van der Waals surface area contributed by atoms with E-state index in [2.05, 4.69) is 16.8 Å². The second-order valence-corrected chi connectivity index (χ2v) is 11.2. The molecular weight excluding hydrogens is 569 g/mol. The number of aryl methyl sites for hydroxylation is 1. The number of hydrogen-bond acceptors (Lipinski definition) is 5. The van der Waals surface area contributed by atoms with Crippen LogP contribution in [0.4, 0.5) is 35.5 Å². The molecule has 0 aromatic heterocycles. The Balaban J connectivity index is 1.56. The summed E-state index contributed by atoms with van der Waals surface area (Å²) in [6.45, 7) is 7.04. The number of hydrogen-bond donors (Lipinski definition) is 0. The van der Waals surface area contributed by atoms with Gasteiger partial charge in [0.05, 0.1) is 23.2 Å². The van der Waals surface area contributed by atoms with Gasteiger partial charge in [0, 0.05) is 45.8 Å². The lowest BCUT2D eigenvalue weighted by Crippen LogP contribution is -2.53. The minimum Gasteiger partial charge on any atom is -0.350 e. The van der Waals surface area contributed by atoms with Crippen LogP contribution in [0.25, 0.3) is 0 Å². The normalized spacial score (nSPS) is 22.2. The third kappa shape index (κ3) is 7.35. The Morgan fingerprint density at radius 2 is 1.55 bits per heavy atom. The zero-order chi connectivity index (χ0) is 31.0. The fourth-order valence-corrected chi connectivity index (χ4v) is 5.61. The number of nitrogens with zero attached hydrogens (tertiary/aromatic N) is 4. The van der Waals surface area contributed by atoms with Crippen LogP contribution in [-0.4, -0.2) is 78.7 Å². The fourth-order valence-electron chi connectivity index (χ4n) is 5.61. The Bertz CT molecular complexity index is 1230. The van der Waals surface area contributed by atoms with Crippen molar-refractivity contribution in [1.82, 2.24) is 19.8 Å². The number of halogens is 7. The first-order valence-electron chi connectivity index (χ1n) is 13.7. The topological polar surface area (TPSA) is 39.3 Å². The molecule has 2 aromatic carbocycles. The van der Waals surface area contributed by atoms with Crippen molar-refractivity contribution in [3.05, 3.63) is 70.0 Å². The molecule has 0 radical (unpaired) electrons. The average molecular weight is 605 g/mol. The Morgan fingerprint density at radius 1 is 0.952 bits per heavy atom. The number of rotatable bonds is 5. The number of carbonyl (C=O) groups is 1. The van der Waals surface area contributed by atoms with Gasteiger partial charge in [0.25, 0.3) is 0 Å². The zero-order valence-electron chi connectivity index (χ0n) is 23.9.